The van der Waals surface area contributed by atoms with Crippen LogP contribution in [-0.2, 0) is 11.2 Å². The molecule has 1 aliphatic rings. The predicted molar refractivity (Wildman–Crippen MR) is 50.1 cm³/mol. The van der Waals surface area contributed by atoms with Crippen LogP contribution in [0.5, 0.6) is 11.5 Å². The Morgan fingerprint density at radius 3 is 2.93 bits per heavy atom. The summed E-state index contributed by atoms with van der Waals surface area (Å²) in [5.74, 6) is 1.21. The van der Waals surface area contributed by atoms with E-state index in [9.17, 15) is 4.79 Å². The Hall–Kier alpha value is -1.71. The fourth-order valence-corrected chi connectivity index (χ4v) is 1.36. The van der Waals surface area contributed by atoms with Crippen molar-refractivity contribution >= 4 is 5.91 Å². The van der Waals surface area contributed by atoms with E-state index in [4.69, 9.17) is 15.2 Å². The summed E-state index contributed by atoms with van der Waals surface area (Å²) in [6.45, 7) is 0.272. The van der Waals surface area contributed by atoms with Gasteiger partial charge in [-0.25, -0.2) is 0 Å². The van der Waals surface area contributed by atoms with Gasteiger partial charge in [0.15, 0.2) is 11.5 Å². The highest BCUT2D eigenvalue weighted by Crippen LogP contribution is 2.32. The molecule has 1 aromatic rings. The van der Waals surface area contributed by atoms with Crippen LogP contribution in [0.25, 0.3) is 0 Å². The van der Waals surface area contributed by atoms with Crippen LogP contribution >= 0.6 is 0 Å². The van der Waals surface area contributed by atoms with Crippen LogP contribution in [0.1, 0.15) is 12.0 Å². The van der Waals surface area contributed by atoms with E-state index in [2.05, 4.69) is 0 Å². The first-order chi connectivity index (χ1) is 6.75. The Morgan fingerprint density at radius 1 is 1.36 bits per heavy atom. The molecule has 0 saturated heterocycles. The molecule has 0 unspecified atom stereocenters. The topological polar surface area (TPSA) is 61.6 Å². The lowest BCUT2D eigenvalue weighted by atomic mass is 10.1. The third-order valence-electron chi connectivity index (χ3n) is 2.10. The van der Waals surface area contributed by atoms with Gasteiger partial charge in [0.2, 0.25) is 12.7 Å². The molecular formula is C10H11NO3. The number of benzene rings is 1. The molecule has 0 aliphatic carbocycles. The Balaban J connectivity index is 2.09. The van der Waals surface area contributed by atoms with E-state index in [1.165, 1.54) is 0 Å². The maximum absolute atomic E-state index is 10.6. The summed E-state index contributed by atoms with van der Waals surface area (Å²) in [6, 6.07) is 5.64. The summed E-state index contributed by atoms with van der Waals surface area (Å²) in [5, 5.41) is 0. The lowest BCUT2D eigenvalue weighted by Crippen LogP contribution is -2.11. The molecule has 0 saturated carbocycles. The number of carbonyl (C=O) groups excluding carboxylic acids is 1. The molecule has 0 aromatic heterocycles. The quantitative estimate of drug-likeness (QED) is 0.773. The van der Waals surface area contributed by atoms with Crippen LogP contribution < -0.4 is 15.2 Å². The standard InChI is InChI=1S/C10H11NO3/c11-10(12)4-2-7-1-3-8-9(5-7)14-6-13-8/h1,3,5H,2,4,6H2,(H2,11,12). The lowest BCUT2D eigenvalue weighted by Gasteiger charge is -2.00. The molecule has 2 rings (SSSR count). The summed E-state index contributed by atoms with van der Waals surface area (Å²) in [5.41, 5.74) is 6.09. The van der Waals surface area contributed by atoms with Gasteiger partial charge in [0.25, 0.3) is 0 Å². The number of ether oxygens (including phenoxy) is 2. The third-order valence-corrected chi connectivity index (χ3v) is 2.10. The summed E-state index contributed by atoms with van der Waals surface area (Å²) in [4.78, 5) is 10.6. The van der Waals surface area contributed by atoms with E-state index >= 15 is 0 Å². The van der Waals surface area contributed by atoms with Crippen molar-refractivity contribution in [3.63, 3.8) is 0 Å². The molecule has 74 valence electrons. The number of amides is 1. The molecule has 14 heavy (non-hydrogen) atoms. The van der Waals surface area contributed by atoms with Crippen molar-refractivity contribution in [2.75, 3.05) is 6.79 Å². The fourth-order valence-electron chi connectivity index (χ4n) is 1.36. The van der Waals surface area contributed by atoms with Crippen molar-refractivity contribution in [3.8, 4) is 11.5 Å². The van der Waals surface area contributed by atoms with Gasteiger partial charge in [-0.1, -0.05) is 6.07 Å². The second-order valence-electron chi connectivity index (χ2n) is 3.15. The van der Waals surface area contributed by atoms with Crippen LogP contribution in [0.4, 0.5) is 0 Å². The van der Waals surface area contributed by atoms with Crippen molar-refractivity contribution in [1.29, 1.82) is 0 Å². The van der Waals surface area contributed by atoms with Crippen LogP contribution in [0, 0.1) is 0 Å². The third kappa shape index (κ3) is 1.79. The van der Waals surface area contributed by atoms with Gasteiger partial charge in [-0.05, 0) is 24.1 Å². The second kappa shape index (κ2) is 3.57. The second-order valence-corrected chi connectivity index (χ2v) is 3.15. The number of hydrogen-bond acceptors (Lipinski definition) is 3. The zero-order chi connectivity index (χ0) is 9.97. The average molecular weight is 193 g/mol. The first kappa shape index (κ1) is 8.87. The highest BCUT2D eigenvalue weighted by molar-refractivity contribution is 5.74. The van der Waals surface area contributed by atoms with Gasteiger partial charge < -0.3 is 15.2 Å². The first-order valence-electron chi connectivity index (χ1n) is 4.42. The molecule has 0 spiro atoms. The molecule has 0 radical (unpaired) electrons. The van der Waals surface area contributed by atoms with Crippen LogP contribution in [0.15, 0.2) is 18.2 Å². The van der Waals surface area contributed by atoms with Crippen LogP contribution in [-0.4, -0.2) is 12.7 Å². The monoisotopic (exact) mass is 193 g/mol. The highest BCUT2D eigenvalue weighted by Gasteiger charge is 2.12. The van der Waals surface area contributed by atoms with Gasteiger partial charge in [-0.15, -0.1) is 0 Å². The van der Waals surface area contributed by atoms with Gasteiger partial charge in [0.1, 0.15) is 0 Å². The van der Waals surface area contributed by atoms with Crippen molar-refractivity contribution in [1.82, 2.24) is 0 Å². The SMILES string of the molecule is NC(=O)CCc1ccc2c(c1)OCO2. The maximum Gasteiger partial charge on any atom is 0.231 e. The summed E-state index contributed by atoms with van der Waals surface area (Å²) >= 11 is 0. The predicted octanol–water partition coefficient (Wildman–Crippen LogP) is 0.833. The van der Waals surface area contributed by atoms with Crippen LogP contribution in [0.3, 0.4) is 0 Å². The lowest BCUT2D eigenvalue weighted by molar-refractivity contribution is -0.117. The molecule has 1 amide bonds. The Morgan fingerprint density at radius 2 is 2.14 bits per heavy atom. The molecule has 1 aromatic carbocycles. The molecule has 0 fully saturated rings. The molecule has 0 bridgehead atoms. The van der Waals surface area contributed by atoms with E-state index in [-0.39, 0.29) is 12.7 Å². The van der Waals surface area contributed by atoms with Crippen molar-refractivity contribution in [3.05, 3.63) is 23.8 Å². The Labute approximate surface area is 81.6 Å². The van der Waals surface area contributed by atoms with E-state index in [0.717, 1.165) is 17.1 Å². The molecule has 4 nitrogen and oxygen atoms in total. The van der Waals surface area contributed by atoms with Crippen molar-refractivity contribution in [2.45, 2.75) is 12.8 Å². The van der Waals surface area contributed by atoms with Gasteiger partial charge >= 0.3 is 0 Å². The minimum Gasteiger partial charge on any atom is -0.454 e. The molecule has 0 atom stereocenters. The van der Waals surface area contributed by atoms with E-state index < -0.39 is 0 Å². The zero-order valence-electron chi connectivity index (χ0n) is 7.66. The highest BCUT2D eigenvalue weighted by atomic mass is 16.7. The Bertz CT molecular complexity index is 362. The zero-order valence-corrected chi connectivity index (χ0v) is 7.66. The summed E-state index contributed by atoms with van der Waals surface area (Å²) < 4.78 is 10.4. The van der Waals surface area contributed by atoms with Crippen LogP contribution in [0.2, 0.25) is 0 Å². The average Bonchev–Trinajstić information content (AvgIpc) is 2.61. The molecule has 1 heterocycles. The molecule has 4 heteroatoms. The first-order valence-corrected chi connectivity index (χ1v) is 4.42. The van der Waals surface area contributed by atoms with Crippen molar-refractivity contribution in [2.24, 2.45) is 5.73 Å². The molecular weight excluding hydrogens is 182 g/mol. The van der Waals surface area contributed by atoms with E-state index in [0.29, 0.717) is 12.8 Å². The minimum atomic E-state index is -0.289. The van der Waals surface area contributed by atoms with Gasteiger partial charge in [0, 0.05) is 6.42 Å². The number of carbonyl (C=O) groups is 1. The van der Waals surface area contributed by atoms with E-state index in [1.54, 1.807) is 0 Å². The number of hydrogen-bond donors (Lipinski definition) is 1. The number of nitrogens with two attached hydrogens (primary N) is 1. The largest absolute Gasteiger partial charge is 0.454 e. The smallest absolute Gasteiger partial charge is 0.231 e. The van der Waals surface area contributed by atoms with Gasteiger partial charge in [-0.3, -0.25) is 4.79 Å². The molecule has 1 aliphatic heterocycles. The number of aryl methyl sites for hydroxylation is 1. The Kier molecular flexibility index (Phi) is 2.26. The van der Waals surface area contributed by atoms with Gasteiger partial charge in [0.05, 0.1) is 0 Å². The molecule has 2 N–H and O–H groups in total. The summed E-state index contributed by atoms with van der Waals surface area (Å²) in [6.07, 6.45) is 1.01. The maximum atomic E-state index is 10.6. The normalized spacial score (nSPS) is 12.9. The van der Waals surface area contributed by atoms with Gasteiger partial charge in [-0.2, -0.15) is 0 Å². The van der Waals surface area contributed by atoms with E-state index in [1.807, 2.05) is 18.2 Å². The number of rotatable bonds is 3. The van der Waals surface area contributed by atoms with Crippen molar-refractivity contribution < 1.29 is 14.3 Å². The number of fused-ring (bicyclic) bond motifs is 1. The minimum absolute atomic E-state index is 0.272. The number of primary amides is 1. The summed E-state index contributed by atoms with van der Waals surface area (Å²) in [7, 11) is 0. The fraction of sp³-hybridized carbons (Fsp3) is 0.300.